The monoisotopic (exact) mass is 344 g/mol. The molecular weight excluding hydrogens is 327 g/mol. The van der Waals surface area contributed by atoms with Crippen LogP contribution in [0, 0.1) is 5.82 Å². The van der Waals surface area contributed by atoms with E-state index >= 15 is 0 Å². The quantitative estimate of drug-likeness (QED) is 0.717. The molecule has 7 nitrogen and oxygen atoms in total. The van der Waals surface area contributed by atoms with Crippen LogP contribution in [-0.4, -0.2) is 28.0 Å². The molecule has 1 atom stereocenters. The minimum Gasteiger partial charge on any atom is -0.464 e. The van der Waals surface area contributed by atoms with Crippen LogP contribution in [0.1, 0.15) is 28.5 Å². The molecule has 1 aromatic carbocycles. The highest BCUT2D eigenvalue weighted by atomic mass is 19.1. The number of aromatic nitrogens is 3. The van der Waals surface area contributed by atoms with E-state index in [9.17, 15) is 9.18 Å². The molecule has 3 aromatic rings. The Labute approximate surface area is 143 Å². The van der Waals surface area contributed by atoms with Gasteiger partial charge in [-0.25, -0.2) is 9.18 Å². The Kier molecular flexibility index (Phi) is 4.26. The Morgan fingerprint density at radius 3 is 2.80 bits per heavy atom. The van der Waals surface area contributed by atoms with Crippen molar-refractivity contribution < 1.29 is 18.4 Å². The number of rotatable bonds is 5. The number of carbonyl (C=O) groups is 1. The predicted molar refractivity (Wildman–Crippen MR) is 87.5 cm³/mol. The van der Waals surface area contributed by atoms with Gasteiger partial charge in [0.1, 0.15) is 23.6 Å². The zero-order valence-electron chi connectivity index (χ0n) is 14.0. The van der Waals surface area contributed by atoms with Gasteiger partial charge in [0.25, 0.3) is 0 Å². The Balaban J connectivity index is 2.06. The summed E-state index contributed by atoms with van der Waals surface area (Å²) in [4.78, 5) is 11.8. The summed E-state index contributed by atoms with van der Waals surface area (Å²) in [7, 11) is 2.92. The van der Waals surface area contributed by atoms with E-state index in [0.717, 1.165) is 0 Å². The number of hydrogen-bond acceptors (Lipinski definition) is 6. The van der Waals surface area contributed by atoms with Crippen LogP contribution < -0.4 is 5.32 Å². The van der Waals surface area contributed by atoms with Gasteiger partial charge in [-0.3, -0.25) is 4.68 Å². The number of ether oxygens (including phenoxy) is 1. The van der Waals surface area contributed by atoms with E-state index in [0.29, 0.717) is 16.9 Å². The molecule has 0 aliphatic carbocycles. The predicted octanol–water partition coefficient (Wildman–Crippen LogP) is 2.71. The van der Waals surface area contributed by atoms with Gasteiger partial charge in [0.2, 0.25) is 0 Å². The number of methoxy groups -OCH3 is 1. The molecule has 25 heavy (non-hydrogen) atoms. The lowest BCUT2D eigenvalue weighted by Gasteiger charge is -2.30. The van der Waals surface area contributed by atoms with E-state index in [1.807, 2.05) is 0 Å². The van der Waals surface area contributed by atoms with Gasteiger partial charge in [-0.05, 0) is 13.0 Å². The van der Waals surface area contributed by atoms with Gasteiger partial charge >= 0.3 is 5.97 Å². The molecule has 0 saturated heterocycles. The molecule has 130 valence electrons. The summed E-state index contributed by atoms with van der Waals surface area (Å²) in [6, 6.07) is 7.94. The molecule has 0 radical (unpaired) electrons. The van der Waals surface area contributed by atoms with Gasteiger partial charge in [-0.2, -0.15) is 5.10 Å². The first-order valence-electron chi connectivity index (χ1n) is 7.51. The fourth-order valence-corrected chi connectivity index (χ4v) is 2.69. The summed E-state index contributed by atoms with van der Waals surface area (Å²) >= 11 is 0. The van der Waals surface area contributed by atoms with E-state index in [2.05, 4.69) is 15.6 Å². The molecule has 0 spiro atoms. The molecule has 0 bridgehead atoms. The average molecular weight is 344 g/mol. The third-order valence-corrected chi connectivity index (χ3v) is 4.07. The van der Waals surface area contributed by atoms with E-state index in [1.165, 1.54) is 30.3 Å². The maximum absolute atomic E-state index is 14.5. The van der Waals surface area contributed by atoms with Crippen LogP contribution in [0.4, 0.5) is 10.2 Å². The second kappa shape index (κ2) is 6.39. The van der Waals surface area contributed by atoms with Crippen molar-refractivity contribution in [3.8, 4) is 0 Å². The van der Waals surface area contributed by atoms with Crippen molar-refractivity contribution in [1.82, 2.24) is 14.9 Å². The lowest BCUT2D eigenvalue weighted by Crippen LogP contribution is -2.34. The van der Waals surface area contributed by atoms with Crippen molar-refractivity contribution in [2.75, 3.05) is 12.4 Å². The van der Waals surface area contributed by atoms with Crippen molar-refractivity contribution in [2.45, 2.75) is 12.5 Å². The lowest BCUT2D eigenvalue weighted by atomic mass is 9.86. The number of benzene rings is 1. The Morgan fingerprint density at radius 1 is 1.40 bits per heavy atom. The first kappa shape index (κ1) is 16.7. The highest BCUT2D eigenvalue weighted by Crippen LogP contribution is 2.34. The molecule has 3 rings (SSSR count). The van der Waals surface area contributed by atoms with Gasteiger partial charge in [0.15, 0.2) is 0 Å². The van der Waals surface area contributed by atoms with E-state index in [1.54, 1.807) is 38.2 Å². The highest BCUT2D eigenvalue weighted by Gasteiger charge is 2.34. The maximum atomic E-state index is 14.5. The van der Waals surface area contributed by atoms with Gasteiger partial charge < -0.3 is 14.6 Å². The van der Waals surface area contributed by atoms with Gasteiger partial charge in [0, 0.05) is 24.2 Å². The Bertz CT molecular complexity index is 891. The van der Waals surface area contributed by atoms with Crippen molar-refractivity contribution in [1.29, 1.82) is 0 Å². The number of anilines is 1. The number of esters is 1. The second-order valence-corrected chi connectivity index (χ2v) is 5.67. The SMILES string of the molecule is COC(=O)c1cc(NC(C)(c2cnoc2)c2ccccc2F)nn1C. The van der Waals surface area contributed by atoms with Crippen LogP contribution in [0.5, 0.6) is 0 Å². The lowest BCUT2D eigenvalue weighted by molar-refractivity contribution is 0.0588. The minimum absolute atomic E-state index is 0.270. The molecule has 1 N–H and O–H groups in total. The smallest absolute Gasteiger partial charge is 0.356 e. The van der Waals surface area contributed by atoms with Gasteiger partial charge in [-0.15, -0.1) is 0 Å². The average Bonchev–Trinajstić information content (AvgIpc) is 3.24. The van der Waals surface area contributed by atoms with Crippen LogP contribution >= 0.6 is 0 Å². The van der Waals surface area contributed by atoms with Crippen LogP contribution in [0.2, 0.25) is 0 Å². The molecule has 0 aliphatic heterocycles. The van der Waals surface area contributed by atoms with Crippen LogP contribution in [0.3, 0.4) is 0 Å². The molecule has 1 unspecified atom stereocenters. The maximum Gasteiger partial charge on any atom is 0.356 e. The number of nitrogens with zero attached hydrogens (tertiary/aromatic N) is 3. The van der Waals surface area contributed by atoms with E-state index in [4.69, 9.17) is 9.26 Å². The summed E-state index contributed by atoms with van der Waals surface area (Å²) in [6.07, 6.45) is 2.94. The standard InChI is InChI=1S/C17H17FN4O3/c1-17(11-9-19-25-10-11,12-6-4-5-7-13(12)18)20-15-8-14(16(23)24-3)22(2)21-15/h4-10H,1-3H3,(H,20,21). The molecule has 2 heterocycles. The molecule has 0 aliphatic rings. The third kappa shape index (κ3) is 2.98. The number of aryl methyl sites for hydroxylation is 1. The fraction of sp³-hybridized carbons (Fsp3) is 0.235. The summed E-state index contributed by atoms with van der Waals surface area (Å²) in [5, 5.41) is 11.1. The third-order valence-electron chi connectivity index (χ3n) is 4.07. The topological polar surface area (TPSA) is 82.2 Å². The zero-order chi connectivity index (χ0) is 18.0. The fourth-order valence-electron chi connectivity index (χ4n) is 2.69. The molecule has 0 saturated carbocycles. The molecule has 0 amide bonds. The van der Waals surface area contributed by atoms with Gasteiger partial charge in [0.05, 0.1) is 18.8 Å². The van der Waals surface area contributed by atoms with Crippen molar-refractivity contribution in [3.63, 3.8) is 0 Å². The van der Waals surface area contributed by atoms with Crippen LogP contribution in [0.15, 0.2) is 47.3 Å². The van der Waals surface area contributed by atoms with Gasteiger partial charge in [-0.1, -0.05) is 23.4 Å². The molecule has 2 aromatic heterocycles. The number of halogens is 1. The van der Waals surface area contributed by atoms with Crippen molar-refractivity contribution in [2.24, 2.45) is 7.05 Å². The second-order valence-electron chi connectivity index (χ2n) is 5.67. The van der Waals surface area contributed by atoms with Crippen molar-refractivity contribution >= 4 is 11.8 Å². The number of nitrogens with one attached hydrogen (secondary N) is 1. The highest BCUT2D eigenvalue weighted by molar-refractivity contribution is 5.88. The summed E-state index contributed by atoms with van der Waals surface area (Å²) in [5.41, 5.74) is 0.269. The molecule has 0 fully saturated rings. The zero-order valence-corrected chi connectivity index (χ0v) is 14.0. The largest absolute Gasteiger partial charge is 0.464 e. The normalized spacial score (nSPS) is 13.3. The van der Waals surface area contributed by atoms with Crippen LogP contribution in [0.25, 0.3) is 0 Å². The van der Waals surface area contributed by atoms with Crippen LogP contribution in [-0.2, 0) is 17.3 Å². The molecular formula is C17H17FN4O3. The first-order chi connectivity index (χ1) is 12.0. The van der Waals surface area contributed by atoms with Crippen molar-refractivity contribution in [3.05, 3.63) is 65.4 Å². The Morgan fingerprint density at radius 2 is 2.16 bits per heavy atom. The number of carbonyl (C=O) groups excluding carboxylic acids is 1. The summed E-state index contributed by atoms with van der Waals surface area (Å²) in [5.74, 6) is -0.515. The summed E-state index contributed by atoms with van der Waals surface area (Å²) in [6.45, 7) is 1.78. The summed E-state index contributed by atoms with van der Waals surface area (Å²) < 4.78 is 25.5. The number of hydrogen-bond donors (Lipinski definition) is 1. The first-order valence-corrected chi connectivity index (χ1v) is 7.51. The van der Waals surface area contributed by atoms with E-state index in [-0.39, 0.29) is 11.5 Å². The Hall–Kier alpha value is -3.16. The van der Waals surface area contributed by atoms with E-state index < -0.39 is 11.5 Å². The molecule has 8 heteroatoms. The minimum atomic E-state index is -1.01.